The minimum absolute atomic E-state index is 0.0170. The molecule has 8 nitrogen and oxygen atoms in total. The summed E-state index contributed by atoms with van der Waals surface area (Å²) >= 11 is 0. The monoisotopic (exact) mass is 498 g/mol. The van der Waals surface area contributed by atoms with Gasteiger partial charge in [0.1, 0.15) is 11.6 Å². The predicted octanol–water partition coefficient (Wildman–Crippen LogP) is 2.44. The number of pyridine rings is 1. The van der Waals surface area contributed by atoms with E-state index in [0.717, 1.165) is 12.5 Å². The van der Waals surface area contributed by atoms with Crippen molar-refractivity contribution < 1.29 is 28.3 Å². The van der Waals surface area contributed by atoms with E-state index < -0.39 is 23.5 Å². The molecule has 3 amide bonds. The highest BCUT2D eigenvalue weighted by atomic mass is 19.3. The standard InChI is InChI=1S/C26H28F2N4O4/c1-25(27,28)17-4-2-16(3-5-17)14-31-12-10-26(36,11-13-31)21-8-6-18-19(29-21)15-32(24(18)35)20-7-9-22(33)30-23(20)34/h2-6,8,20,36H,7,9-15H2,1H3,(H,30,33,34). The fraction of sp³-hybridized carbons (Fsp3) is 0.462. The van der Waals surface area contributed by atoms with Crippen LogP contribution in [0.5, 0.6) is 0 Å². The second kappa shape index (κ2) is 9.01. The molecule has 1 aromatic heterocycles. The van der Waals surface area contributed by atoms with Crippen LogP contribution in [0.4, 0.5) is 8.78 Å². The zero-order valence-corrected chi connectivity index (χ0v) is 20.0. The summed E-state index contributed by atoms with van der Waals surface area (Å²) in [4.78, 5) is 44.8. The van der Waals surface area contributed by atoms with Gasteiger partial charge in [-0.1, -0.05) is 24.3 Å². The lowest BCUT2D eigenvalue weighted by Gasteiger charge is -2.38. The van der Waals surface area contributed by atoms with Crippen LogP contribution in [0.15, 0.2) is 36.4 Å². The lowest BCUT2D eigenvalue weighted by Crippen LogP contribution is -2.52. The van der Waals surface area contributed by atoms with E-state index in [9.17, 15) is 28.3 Å². The Morgan fingerprint density at radius 3 is 2.44 bits per heavy atom. The van der Waals surface area contributed by atoms with Gasteiger partial charge in [-0.25, -0.2) is 8.78 Å². The number of amides is 3. The smallest absolute Gasteiger partial charge is 0.270 e. The van der Waals surface area contributed by atoms with Crippen LogP contribution in [-0.4, -0.2) is 56.7 Å². The van der Waals surface area contributed by atoms with Crippen LogP contribution >= 0.6 is 0 Å². The molecule has 0 spiro atoms. The molecule has 4 heterocycles. The van der Waals surface area contributed by atoms with Gasteiger partial charge in [-0.2, -0.15) is 0 Å². The first-order valence-electron chi connectivity index (χ1n) is 12.1. The summed E-state index contributed by atoms with van der Waals surface area (Å²) in [6.07, 6.45) is 1.34. The number of likely N-dealkylation sites (tertiary alicyclic amines) is 1. The molecule has 0 bridgehead atoms. The fourth-order valence-electron chi connectivity index (χ4n) is 5.19. The van der Waals surface area contributed by atoms with Crippen molar-refractivity contribution in [1.29, 1.82) is 0 Å². The number of benzene rings is 1. The number of aromatic nitrogens is 1. The van der Waals surface area contributed by atoms with Crippen molar-refractivity contribution >= 4 is 17.7 Å². The van der Waals surface area contributed by atoms with Crippen molar-refractivity contribution in [3.05, 3.63) is 64.5 Å². The predicted molar refractivity (Wildman–Crippen MR) is 125 cm³/mol. The van der Waals surface area contributed by atoms with E-state index in [2.05, 4.69) is 15.2 Å². The number of alkyl halides is 2. The molecule has 1 unspecified atom stereocenters. The minimum Gasteiger partial charge on any atom is -0.383 e. The van der Waals surface area contributed by atoms with Gasteiger partial charge >= 0.3 is 0 Å². The maximum Gasteiger partial charge on any atom is 0.270 e. The molecule has 2 saturated heterocycles. The summed E-state index contributed by atoms with van der Waals surface area (Å²) < 4.78 is 26.9. The Morgan fingerprint density at radius 2 is 1.81 bits per heavy atom. The van der Waals surface area contributed by atoms with Crippen LogP contribution in [0.3, 0.4) is 0 Å². The molecule has 1 atom stereocenters. The van der Waals surface area contributed by atoms with Gasteiger partial charge in [0.15, 0.2) is 0 Å². The van der Waals surface area contributed by atoms with Crippen molar-refractivity contribution in [2.75, 3.05) is 13.1 Å². The summed E-state index contributed by atoms with van der Waals surface area (Å²) in [5, 5.41) is 13.6. The lowest BCUT2D eigenvalue weighted by molar-refractivity contribution is -0.136. The number of carbonyl (C=O) groups is 3. The molecule has 1 aromatic carbocycles. The molecule has 3 aliphatic heterocycles. The van der Waals surface area contributed by atoms with Gasteiger partial charge in [0, 0.05) is 38.5 Å². The average Bonchev–Trinajstić information content (AvgIpc) is 3.16. The Bertz CT molecular complexity index is 1200. The molecule has 5 rings (SSSR count). The van der Waals surface area contributed by atoms with E-state index in [4.69, 9.17) is 0 Å². The summed E-state index contributed by atoms with van der Waals surface area (Å²) in [7, 11) is 0. The molecule has 0 radical (unpaired) electrons. The first-order chi connectivity index (χ1) is 17.0. The van der Waals surface area contributed by atoms with E-state index in [0.29, 0.717) is 49.4 Å². The maximum absolute atomic E-state index is 13.4. The van der Waals surface area contributed by atoms with Crippen LogP contribution in [0.1, 0.15) is 65.5 Å². The molecule has 3 aliphatic rings. The van der Waals surface area contributed by atoms with E-state index in [1.54, 1.807) is 24.3 Å². The minimum atomic E-state index is -2.87. The molecule has 190 valence electrons. The number of rotatable bonds is 5. The topological polar surface area (TPSA) is 103 Å². The van der Waals surface area contributed by atoms with Crippen molar-refractivity contribution in [2.24, 2.45) is 0 Å². The van der Waals surface area contributed by atoms with Gasteiger partial charge in [0.25, 0.3) is 11.8 Å². The number of nitrogens with zero attached hydrogens (tertiary/aromatic N) is 3. The molecule has 10 heteroatoms. The number of fused-ring (bicyclic) bond motifs is 1. The number of hydrogen-bond acceptors (Lipinski definition) is 6. The van der Waals surface area contributed by atoms with Crippen LogP contribution in [-0.2, 0) is 34.2 Å². The van der Waals surface area contributed by atoms with Gasteiger partial charge < -0.3 is 10.0 Å². The summed E-state index contributed by atoms with van der Waals surface area (Å²) in [6, 6.07) is 8.93. The molecular formula is C26H28F2N4O4. The van der Waals surface area contributed by atoms with Crippen LogP contribution < -0.4 is 5.32 Å². The third-order valence-corrected chi connectivity index (χ3v) is 7.40. The largest absolute Gasteiger partial charge is 0.383 e. The Hall–Kier alpha value is -3.24. The number of imide groups is 1. The zero-order valence-electron chi connectivity index (χ0n) is 20.0. The first-order valence-corrected chi connectivity index (χ1v) is 12.1. The van der Waals surface area contributed by atoms with Crippen molar-refractivity contribution in [1.82, 2.24) is 20.1 Å². The van der Waals surface area contributed by atoms with Gasteiger partial charge in [-0.05, 0) is 37.0 Å². The summed E-state index contributed by atoms with van der Waals surface area (Å²) in [6.45, 7) is 2.83. The van der Waals surface area contributed by atoms with Gasteiger partial charge in [-0.15, -0.1) is 0 Å². The van der Waals surface area contributed by atoms with Crippen LogP contribution in [0.2, 0.25) is 0 Å². The van der Waals surface area contributed by atoms with E-state index in [-0.39, 0.29) is 36.8 Å². The Balaban J connectivity index is 1.23. The summed E-state index contributed by atoms with van der Waals surface area (Å²) in [5.41, 5.74) is 1.18. The van der Waals surface area contributed by atoms with E-state index in [1.165, 1.54) is 17.0 Å². The summed E-state index contributed by atoms with van der Waals surface area (Å²) in [5.74, 6) is -3.98. The number of hydrogen-bond donors (Lipinski definition) is 2. The number of piperidine rings is 2. The van der Waals surface area contributed by atoms with Crippen molar-refractivity contribution in [2.45, 2.75) is 63.3 Å². The Morgan fingerprint density at radius 1 is 1.11 bits per heavy atom. The third-order valence-electron chi connectivity index (χ3n) is 7.40. The Kier molecular flexibility index (Phi) is 6.12. The van der Waals surface area contributed by atoms with Crippen LogP contribution in [0, 0.1) is 0 Å². The lowest BCUT2D eigenvalue weighted by atomic mass is 9.87. The van der Waals surface area contributed by atoms with Crippen LogP contribution in [0.25, 0.3) is 0 Å². The van der Waals surface area contributed by atoms with Gasteiger partial charge in [0.2, 0.25) is 11.8 Å². The van der Waals surface area contributed by atoms with E-state index >= 15 is 0 Å². The molecule has 0 saturated carbocycles. The maximum atomic E-state index is 13.4. The average molecular weight is 499 g/mol. The fourth-order valence-corrected chi connectivity index (χ4v) is 5.19. The molecule has 0 aliphatic carbocycles. The highest BCUT2D eigenvalue weighted by molar-refractivity contribution is 6.05. The number of halogens is 2. The second-order valence-corrected chi connectivity index (χ2v) is 9.98. The molecular weight excluding hydrogens is 470 g/mol. The first kappa shape index (κ1) is 24.5. The molecule has 2 aromatic rings. The van der Waals surface area contributed by atoms with Crippen molar-refractivity contribution in [3.8, 4) is 0 Å². The van der Waals surface area contributed by atoms with Crippen molar-refractivity contribution in [3.63, 3.8) is 0 Å². The third kappa shape index (κ3) is 4.62. The van der Waals surface area contributed by atoms with E-state index in [1.807, 2.05) is 0 Å². The number of aliphatic hydroxyl groups is 1. The highest BCUT2D eigenvalue weighted by Gasteiger charge is 2.41. The van der Waals surface area contributed by atoms with Gasteiger partial charge in [0.05, 0.1) is 23.5 Å². The number of carbonyl (C=O) groups excluding carboxylic acids is 3. The molecule has 2 N–H and O–H groups in total. The quantitative estimate of drug-likeness (QED) is 0.614. The number of nitrogens with one attached hydrogen (secondary N) is 1. The molecule has 36 heavy (non-hydrogen) atoms. The highest BCUT2D eigenvalue weighted by Crippen LogP contribution is 2.35. The Labute approximate surface area is 207 Å². The SMILES string of the molecule is CC(F)(F)c1ccc(CN2CCC(O)(c3ccc4c(n3)CN(C3CCC(=O)NC3=O)C4=O)CC2)cc1. The second-order valence-electron chi connectivity index (χ2n) is 9.98. The zero-order chi connectivity index (χ0) is 25.7. The molecule has 2 fully saturated rings. The normalized spacial score (nSPS) is 22.5. The van der Waals surface area contributed by atoms with Gasteiger partial charge in [-0.3, -0.25) is 29.6 Å².